The molecule has 1 aliphatic heterocycles. The molecule has 0 aliphatic carbocycles. The second-order valence-electron chi connectivity index (χ2n) is 8.77. The fraction of sp³-hybridized carbons (Fsp3) is 0.455. The molecule has 0 saturated carbocycles. The number of methoxy groups -OCH3 is 1. The minimum absolute atomic E-state index is 0.0224. The summed E-state index contributed by atoms with van der Waals surface area (Å²) < 4.78 is 37.0. The lowest BCUT2D eigenvalue weighted by molar-refractivity contribution is -0.384. The van der Waals surface area contributed by atoms with Crippen LogP contribution in [0.1, 0.15) is 45.1 Å². The molecule has 0 saturated heterocycles. The van der Waals surface area contributed by atoms with Gasteiger partial charge in [0.25, 0.3) is 15.8 Å². The van der Waals surface area contributed by atoms with Crippen molar-refractivity contribution in [2.45, 2.75) is 45.1 Å². The van der Waals surface area contributed by atoms with Crippen LogP contribution in [0.5, 0.6) is 5.75 Å². The predicted molar refractivity (Wildman–Crippen MR) is 126 cm³/mol. The van der Waals surface area contributed by atoms with E-state index in [9.17, 15) is 18.5 Å². The molecule has 3 rings (SSSR count). The molecule has 33 heavy (non-hydrogen) atoms. The van der Waals surface area contributed by atoms with Gasteiger partial charge in [-0.25, -0.2) is 0 Å². The van der Waals surface area contributed by atoms with E-state index in [1.54, 1.807) is 0 Å². The Morgan fingerprint density at radius 3 is 2.48 bits per heavy atom. The second-order valence-corrected chi connectivity index (χ2v) is 10.3. The third kappa shape index (κ3) is 5.85. The third-order valence-corrected chi connectivity index (χ3v) is 6.61. The molecule has 1 atom stereocenters. The average molecular weight is 477 g/mol. The highest BCUT2D eigenvalue weighted by Gasteiger charge is 2.37. The lowest BCUT2D eigenvalue weighted by Gasteiger charge is -2.47. The largest absolute Gasteiger partial charge is 0.494 e. The number of benzene rings is 2. The van der Waals surface area contributed by atoms with Crippen LogP contribution in [0.15, 0.2) is 46.6 Å². The average Bonchev–Trinajstić information content (AvgIpc) is 2.73. The lowest BCUT2D eigenvalue weighted by atomic mass is 9.79. The summed E-state index contributed by atoms with van der Waals surface area (Å²) in [6.45, 7) is 6.79. The molecule has 0 fully saturated rings. The van der Waals surface area contributed by atoms with Crippen LogP contribution in [0.4, 0.5) is 22.7 Å². The minimum atomic E-state index is -4.03. The monoisotopic (exact) mass is 476 g/mol. The first-order valence-electron chi connectivity index (χ1n) is 10.5. The van der Waals surface area contributed by atoms with Crippen LogP contribution >= 0.6 is 0 Å². The number of hydrogen-bond donors (Lipinski definition) is 1. The summed E-state index contributed by atoms with van der Waals surface area (Å²) >= 11 is 0. The highest BCUT2D eigenvalue weighted by Crippen LogP contribution is 2.47. The van der Waals surface area contributed by atoms with Gasteiger partial charge >= 0.3 is 0 Å². The van der Waals surface area contributed by atoms with Crippen molar-refractivity contribution in [1.29, 1.82) is 0 Å². The maximum atomic E-state index is 11.2. The van der Waals surface area contributed by atoms with Crippen molar-refractivity contribution in [2.24, 2.45) is 10.2 Å². The van der Waals surface area contributed by atoms with Crippen molar-refractivity contribution in [2.75, 3.05) is 24.3 Å². The molecular formula is C22H28N4O6S. The smallest absolute Gasteiger partial charge is 0.269 e. The van der Waals surface area contributed by atoms with Gasteiger partial charge in [-0.3, -0.25) is 14.7 Å². The zero-order valence-corrected chi connectivity index (χ0v) is 19.9. The maximum Gasteiger partial charge on any atom is 0.269 e. The van der Waals surface area contributed by atoms with Crippen molar-refractivity contribution >= 4 is 32.9 Å². The van der Waals surface area contributed by atoms with E-state index < -0.39 is 15.0 Å². The second kappa shape index (κ2) is 9.44. The van der Waals surface area contributed by atoms with Gasteiger partial charge < -0.3 is 9.64 Å². The molecule has 0 radical (unpaired) electrons. The zero-order valence-electron chi connectivity index (χ0n) is 19.1. The van der Waals surface area contributed by atoms with Crippen molar-refractivity contribution in [1.82, 2.24) is 0 Å². The van der Waals surface area contributed by atoms with E-state index in [0.29, 0.717) is 30.1 Å². The molecule has 0 bridgehead atoms. The summed E-state index contributed by atoms with van der Waals surface area (Å²) in [5, 5.41) is 19.3. The Morgan fingerprint density at radius 1 is 1.24 bits per heavy atom. The summed E-state index contributed by atoms with van der Waals surface area (Å²) in [6.07, 6.45) is 1.14. The van der Waals surface area contributed by atoms with Crippen LogP contribution < -0.4 is 9.64 Å². The number of non-ortho nitro benzene ring substituents is 1. The minimum Gasteiger partial charge on any atom is -0.494 e. The molecule has 0 aromatic heterocycles. The molecule has 10 nitrogen and oxygen atoms in total. The van der Waals surface area contributed by atoms with E-state index in [-0.39, 0.29) is 22.9 Å². The van der Waals surface area contributed by atoms with Crippen LogP contribution in [-0.2, 0) is 10.1 Å². The number of nitro groups is 1. The molecule has 2 aromatic rings. The van der Waals surface area contributed by atoms with Crippen LogP contribution in [0.25, 0.3) is 0 Å². The number of azo groups is 1. The van der Waals surface area contributed by atoms with Gasteiger partial charge in [0.1, 0.15) is 11.4 Å². The highest BCUT2D eigenvalue weighted by atomic mass is 32.2. The standard InChI is InChI=1S/C22H28N4O6S/c1-15-14-22(2,3)25(10-5-11-33(29,30)31)20-13-21(32-4)19(12-18(15)20)24-23-16-6-8-17(9-7-16)26(27)28/h6-9,12-13,15H,5,10-11,14H2,1-4H3,(H,29,30,31). The van der Waals surface area contributed by atoms with Gasteiger partial charge in [-0.15, -0.1) is 5.11 Å². The van der Waals surface area contributed by atoms with Crippen LogP contribution in [0.3, 0.4) is 0 Å². The fourth-order valence-electron chi connectivity index (χ4n) is 4.32. The first-order valence-corrected chi connectivity index (χ1v) is 12.1. The number of hydrogen-bond acceptors (Lipinski definition) is 8. The quantitative estimate of drug-likeness (QED) is 0.233. The summed E-state index contributed by atoms with van der Waals surface area (Å²) in [4.78, 5) is 12.5. The number of nitrogens with zero attached hydrogens (tertiary/aromatic N) is 4. The molecule has 1 N–H and O–H groups in total. The Kier molecular flexibility index (Phi) is 7.03. The zero-order chi connectivity index (χ0) is 24.4. The molecule has 1 unspecified atom stereocenters. The third-order valence-electron chi connectivity index (χ3n) is 5.80. The Bertz CT molecular complexity index is 1160. The molecule has 1 aliphatic rings. The Morgan fingerprint density at radius 2 is 1.91 bits per heavy atom. The van der Waals surface area contributed by atoms with Gasteiger partial charge in [-0.05, 0) is 56.4 Å². The van der Waals surface area contributed by atoms with E-state index in [1.807, 2.05) is 12.1 Å². The lowest BCUT2D eigenvalue weighted by Crippen LogP contribution is -2.49. The number of nitro benzene ring substituents is 1. The van der Waals surface area contributed by atoms with Crippen molar-refractivity contribution in [3.8, 4) is 5.75 Å². The SMILES string of the molecule is COc1cc2c(cc1N=Nc1ccc([N+](=O)[O-])cc1)C(C)CC(C)(C)N2CCCS(=O)(=O)O. The van der Waals surface area contributed by atoms with E-state index >= 15 is 0 Å². The summed E-state index contributed by atoms with van der Waals surface area (Å²) in [6, 6.07) is 9.58. The van der Waals surface area contributed by atoms with Crippen LogP contribution in [0.2, 0.25) is 0 Å². The Hall–Kier alpha value is -3.05. The van der Waals surface area contributed by atoms with Gasteiger partial charge in [0.05, 0.1) is 23.5 Å². The number of rotatable bonds is 8. The Balaban J connectivity index is 1.94. The molecule has 11 heteroatoms. The summed E-state index contributed by atoms with van der Waals surface area (Å²) in [7, 11) is -2.49. The van der Waals surface area contributed by atoms with Crippen molar-refractivity contribution in [3.05, 3.63) is 52.1 Å². The number of fused-ring (bicyclic) bond motifs is 1. The molecule has 2 aromatic carbocycles. The molecule has 0 spiro atoms. The summed E-state index contributed by atoms with van der Waals surface area (Å²) in [5.41, 5.74) is 2.73. The van der Waals surface area contributed by atoms with E-state index in [1.165, 1.54) is 31.4 Å². The van der Waals surface area contributed by atoms with Gasteiger partial charge in [0, 0.05) is 36.0 Å². The van der Waals surface area contributed by atoms with Crippen molar-refractivity contribution in [3.63, 3.8) is 0 Å². The van der Waals surface area contributed by atoms with Gasteiger partial charge in [0.2, 0.25) is 0 Å². The highest BCUT2D eigenvalue weighted by molar-refractivity contribution is 7.85. The van der Waals surface area contributed by atoms with Crippen molar-refractivity contribution < 1.29 is 22.6 Å². The molecule has 0 amide bonds. The molecule has 178 valence electrons. The summed E-state index contributed by atoms with van der Waals surface area (Å²) in [5.74, 6) is 0.416. The van der Waals surface area contributed by atoms with Gasteiger partial charge in [0.15, 0.2) is 0 Å². The first kappa shape index (κ1) is 24.6. The van der Waals surface area contributed by atoms with E-state index in [2.05, 4.69) is 35.9 Å². The van der Waals surface area contributed by atoms with Gasteiger partial charge in [-0.1, -0.05) is 6.92 Å². The fourth-order valence-corrected chi connectivity index (χ4v) is 4.81. The number of ether oxygens (including phenoxy) is 1. The van der Waals surface area contributed by atoms with E-state index in [4.69, 9.17) is 9.29 Å². The van der Waals surface area contributed by atoms with Crippen LogP contribution in [-0.4, -0.2) is 42.8 Å². The Labute approximate surface area is 193 Å². The maximum absolute atomic E-state index is 11.2. The topological polar surface area (TPSA) is 135 Å². The van der Waals surface area contributed by atoms with E-state index in [0.717, 1.165) is 17.7 Å². The van der Waals surface area contributed by atoms with Gasteiger partial charge in [-0.2, -0.15) is 13.5 Å². The predicted octanol–water partition coefficient (Wildman–Crippen LogP) is 5.39. The normalized spacial score (nSPS) is 17.7. The molecule has 1 heterocycles. The first-order chi connectivity index (χ1) is 15.4. The van der Waals surface area contributed by atoms with Crippen LogP contribution in [0, 0.1) is 10.1 Å². The molecular weight excluding hydrogens is 448 g/mol. The number of anilines is 1.